The van der Waals surface area contributed by atoms with E-state index in [1.165, 1.54) is 0 Å². The maximum atomic E-state index is 10.6. The third kappa shape index (κ3) is 3.99. The monoisotopic (exact) mass is 265 g/mol. The first-order valence-electron chi connectivity index (χ1n) is 5.79. The standard InChI is InChI=1S/C14H19NO4/c1-15(2)11(6-8-14(16)17)10-5-7-12(18-3)13(9-10)19-4/h5-9,11H,1-4H3,(H,16,17)/b8-6+. The van der Waals surface area contributed by atoms with Gasteiger partial charge in [-0.25, -0.2) is 4.79 Å². The number of aliphatic carboxylic acids is 1. The molecule has 0 amide bonds. The van der Waals surface area contributed by atoms with Crippen molar-refractivity contribution >= 4 is 5.97 Å². The Bertz CT molecular complexity index is 469. The van der Waals surface area contributed by atoms with Gasteiger partial charge in [0.05, 0.1) is 20.3 Å². The molecule has 0 aliphatic rings. The van der Waals surface area contributed by atoms with Crippen LogP contribution in [0.4, 0.5) is 0 Å². The third-order valence-corrected chi connectivity index (χ3v) is 2.73. The van der Waals surface area contributed by atoms with Crippen LogP contribution in [0.5, 0.6) is 11.5 Å². The highest BCUT2D eigenvalue weighted by atomic mass is 16.5. The quantitative estimate of drug-likeness (QED) is 0.797. The Kier molecular flexibility index (Phi) is 5.38. The molecule has 1 aromatic carbocycles. The molecule has 0 fully saturated rings. The van der Waals surface area contributed by atoms with Crippen molar-refractivity contribution < 1.29 is 19.4 Å². The number of benzene rings is 1. The molecule has 0 radical (unpaired) electrons. The molecule has 5 nitrogen and oxygen atoms in total. The van der Waals surface area contributed by atoms with Gasteiger partial charge in [0.1, 0.15) is 0 Å². The fraction of sp³-hybridized carbons (Fsp3) is 0.357. The van der Waals surface area contributed by atoms with Crippen LogP contribution in [-0.2, 0) is 4.79 Å². The average molecular weight is 265 g/mol. The van der Waals surface area contributed by atoms with Crippen LogP contribution in [0.25, 0.3) is 0 Å². The van der Waals surface area contributed by atoms with Gasteiger partial charge >= 0.3 is 5.97 Å². The Labute approximate surface area is 113 Å². The zero-order valence-corrected chi connectivity index (χ0v) is 11.6. The molecule has 0 bridgehead atoms. The van der Waals surface area contributed by atoms with E-state index in [9.17, 15) is 4.79 Å². The summed E-state index contributed by atoms with van der Waals surface area (Å²) in [6.45, 7) is 0. The number of carboxylic acid groups (broad SMARTS) is 1. The molecular formula is C14H19NO4. The number of carbonyl (C=O) groups is 1. The molecule has 1 unspecified atom stereocenters. The minimum absolute atomic E-state index is 0.143. The molecule has 19 heavy (non-hydrogen) atoms. The molecule has 0 spiro atoms. The highest BCUT2D eigenvalue weighted by Crippen LogP contribution is 2.31. The van der Waals surface area contributed by atoms with Gasteiger partial charge in [-0.2, -0.15) is 0 Å². The lowest BCUT2D eigenvalue weighted by Crippen LogP contribution is -2.18. The first-order chi connectivity index (χ1) is 8.99. The van der Waals surface area contributed by atoms with Crippen molar-refractivity contribution in [3.8, 4) is 11.5 Å². The van der Waals surface area contributed by atoms with Crippen molar-refractivity contribution in [3.63, 3.8) is 0 Å². The van der Waals surface area contributed by atoms with Crippen molar-refractivity contribution in [1.82, 2.24) is 4.90 Å². The molecule has 1 rings (SSSR count). The average Bonchev–Trinajstić information content (AvgIpc) is 2.37. The van der Waals surface area contributed by atoms with E-state index in [-0.39, 0.29) is 6.04 Å². The Balaban J connectivity index is 3.13. The predicted molar refractivity (Wildman–Crippen MR) is 72.7 cm³/mol. The lowest BCUT2D eigenvalue weighted by molar-refractivity contribution is -0.131. The number of likely N-dealkylation sites (N-methyl/N-ethyl adjacent to an activating group) is 1. The maximum absolute atomic E-state index is 10.6. The predicted octanol–water partition coefficient (Wildman–Crippen LogP) is 1.95. The number of ether oxygens (including phenoxy) is 2. The van der Waals surface area contributed by atoms with Crippen molar-refractivity contribution in [1.29, 1.82) is 0 Å². The minimum Gasteiger partial charge on any atom is -0.493 e. The van der Waals surface area contributed by atoms with Gasteiger partial charge in [-0.3, -0.25) is 4.90 Å². The van der Waals surface area contributed by atoms with E-state index in [0.29, 0.717) is 11.5 Å². The molecule has 0 aliphatic carbocycles. The summed E-state index contributed by atoms with van der Waals surface area (Å²) in [5.41, 5.74) is 0.931. The van der Waals surface area contributed by atoms with E-state index in [4.69, 9.17) is 14.6 Å². The van der Waals surface area contributed by atoms with Gasteiger partial charge in [0, 0.05) is 6.08 Å². The van der Waals surface area contributed by atoms with Crippen LogP contribution in [-0.4, -0.2) is 44.3 Å². The molecule has 1 N–H and O–H groups in total. The highest BCUT2D eigenvalue weighted by molar-refractivity contribution is 5.79. The number of hydrogen-bond donors (Lipinski definition) is 1. The van der Waals surface area contributed by atoms with Gasteiger partial charge in [-0.15, -0.1) is 0 Å². The summed E-state index contributed by atoms with van der Waals surface area (Å²) in [4.78, 5) is 12.5. The van der Waals surface area contributed by atoms with Gasteiger partial charge in [-0.05, 0) is 31.8 Å². The number of hydrogen-bond acceptors (Lipinski definition) is 4. The second-order valence-electron chi connectivity index (χ2n) is 4.22. The first-order valence-corrected chi connectivity index (χ1v) is 5.79. The van der Waals surface area contributed by atoms with E-state index >= 15 is 0 Å². The number of carboxylic acids is 1. The van der Waals surface area contributed by atoms with E-state index in [0.717, 1.165) is 11.6 Å². The lowest BCUT2D eigenvalue weighted by Gasteiger charge is -2.22. The van der Waals surface area contributed by atoms with Crippen molar-refractivity contribution in [2.24, 2.45) is 0 Å². The van der Waals surface area contributed by atoms with Crippen LogP contribution in [0.1, 0.15) is 11.6 Å². The normalized spacial score (nSPS) is 12.7. The molecule has 0 heterocycles. The minimum atomic E-state index is -0.965. The Morgan fingerprint density at radius 3 is 2.37 bits per heavy atom. The van der Waals surface area contributed by atoms with Crippen molar-refractivity contribution in [2.45, 2.75) is 6.04 Å². The summed E-state index contributed by atoms with van der Waals surface area (Å²) in [7, 11) is 6.91. The van der Waals surface area contributed by atoms with Crippen LogP contribution in [0, 0.1) is 0 Å². The van der Waals surface area contributed by atoms with Crippen LogP contribution in [0.15, 0.2) is 30.4 Å². The summed E-state index contributed by atoms with van der Waals surface area (Å²) in [6.07, 6.45) is 2.77. The molecule has 0 saturated heterocycles. The molecule has 0 aromatic heterocycles. The second-order valence-corrected chi connectivity index (χ2v) is 4.22. The van der Waals surface area contributed by atoms with Crippen molar-refractivity contribution in [3.05, 3.63) is 35.9 Å². The summed E-state index contributed by atoms with van der Waals surface area (Å²) in [5.74, 6) is 0.300. The van der Waals surface area contributed by atoms with Crippen LogP contribution < -0.4 is 9.47 Å². The fourth-order valence-electron chi connectivity index (χ4n) is 1.79. The smallest absolute Gasteiger partial charge is 0.328 e. The van der Waals surface area contributed by atoms with Crippen LogP contribution in [0.3, 0.4) is 0 Å². The second kappa shape index (κ2) is 6.80. The number of methoxy groups -OCH3 is 2. The molecule has 0 aliphatic heterocycles. The SMILES string of the molecule is COc1ccc(C(/C=C/C(=O)O)N(C)C)cc1OC. The summed E-state index contributed by atoms with van der Waals surface area (Å²) < 4.78 is 10.4. The van der Waals surface area contributed by atoms with Gasteiger partial charge in [0.25, 0.3) is 0 Å². The van der Waals surface area contributed by atoms with Gasteiger partial charge in [-0.1, -0.05) is 12.1 Å². The topological polar surface area (TPSA) is 59.0 Å². The van der Waals surface area contributed by atoms with Gasteiger partial charge in [0.2, 0.25) is 0 Å². The molecule has 0 saturated carbocycles. The van der Waals surface area contributed by atoms with Crippen molar-refractivity contribution in [2.75, 3.05) is 28.3 Å². The maximum Gasteiger partial charge on any atom is 0.328 e. The first kappa shape index (κ1) is 15.0. The van der Waals surface area contributed by atoms with Crippen LogP contribution in [0.2, 0.25) is 0 Å². The van der Waals surface area contributed by atoms with Gasteiger partial charge < -0.3 is 14.6 Å². The van der Waals surface area contributed by atoms with Crippen LogP contribution >= 0.6 is 0 Å². The lowest BCUT2D eigenvalue weighted by atomic mass is 10.0. The van der Waals surface area contributed by atoms with E-state index < -0.39 is 5.97 Å². The molecule has 1 aromatic rings. The summed E-state index contributed by atoms with van der Waals surface area (Å²) in [5, 5.41) is 8.72. The number of nitrogens with zero attached hydrogens (tertiary/aromatic N) is 1. The number of rotatable bonds is 6. The molecule has 5 heteroatoms. The van der Waals surface area contributed by atoms with E-state index in [2.05, 4.69) is 0 Å². The fourth-order valence-corrected chi connectivity index (χ4v) is 1.79. The Hall–Kier alpha value is -2.01. The Morgan fingerprint density at radius 1 is 1.26 bits per heavy atom. The van der Waals surface area contributed by atoms with E-state index in [1.54, 1.807) is 26.4 Å². The molecule has 1 atom stereocenters. The summed E-state index contributed by atoms with van der Waals surface area (Å²) >= 11 is 0. The highest BCUT2D eigenvalue weighted by Gasteiger charge is 2.14. The zero-order valence-electron chi connectivity index (χ0n) is 11.6. The van der Waals surface area contributed by atoms with E-state index in [1.807, 2.05) is 31.1 Å². The third-order valence-electron chi connectivity index (χ3n) is 2.73. The largest absolute Gasteiger partial charge is 0.493 e. The zero-order chi connectivity index (χ0) is 14.4. The summed E-state index contributed by atoms with van der Waals surface area (Å²) in [6, 6.07) is 5.39. The Morgan fingerprint density at radius 2 is 1.89 bits per heavy atom. The molecule has 104 valence electrons. The van der Waals surface area contributed by atoms with Gasteiger partial charge in [0.15, 0.2) is 11.5 Å². The molecular weight excluding hydrogens is 246 g/mol.